The fourth-order valence-corrected chi connectivity index (χ4v) is 3.04. The number of thiophene rings is 1. The summed E-state index contributed by atoms with van der Waals surface area (Å²) >= 11 is 3.32. The molecule has 1 aromatic carbocycles. The summed E-state index contributed by atoms with van der Waals surface area (Å²) in [6.45, 7) is 0.798. The van der Waals surface area contributed by atoms with Gasteiger partial charge in [-0.3, -0.25) is 0 Å². The van der Waals surface area contributed by atoms with Crippen LogP contribution in [0.5, 0.6) is 0 Å². The summed E-state index contributed by atoms with van der Waals surface area (Å²) in [6, 6.07) is 14.7. The van der Waals surface area contributed by atoms with Crippen LogP contribution in [0.15, 0.2) is 48.0 Å². The molecule has 0 atom stereocenters. The standard InChI is InChI=1S/C13H11N3S2/c1-2-4-10(5-3-1)12-7-6-11(18-12)8-14-13-16-15-9-17-13/h1-7,9H,8H2,(H,14,16). The number of nitrogens with one attached hydrogen (secondary N) is 1. The average molecular weight is 273 g/mol. The van der Waals surface area contributed by atoms with E-state index in [1.807, 2.05) is 6.07 Å². The van der Waals surface area contributed by atoms with Crippen molar-refractivity contribution in [2.75, 3.05) is 5.32 Å². The van der Waals surface area contributed by atoms with Crippen molar-refractivity contribution in [2.45, 2.75) is 6.54 Å². The van der Waals surface area contributed by atoms with Crippen LogP contribution in [0.3, 0.4) is 0 Å². The first kappa shape index (κ1) is 11.4. The molecule has 0 saturated heterocycles. The topological polar surface area (TPSA) is 37.8 Å². The molecule has 0 bridgehead atoms. The van der Waals surface area contributed by atoms with E-state index in [1.54, 1.807) is 16.8 Å². The normalized spacial score (nSPS) is 10.4. The van der Waals surface area contributed by atoms with E-state index in [0.29, 0.717) is 0 Å². The van der Waals surface area contributed by atoms with Crippen molar-refractivity contribution in [3.05, 3.63) is 52.9 Å². The van der Waals surface area contributed by atoms with Crippen LogP contribution in [0.1, 0.15) is 4.88 Å². The highest BCUT2D eigenvalue weighted by Gasteiger charge is 2.03. The lowest BCUT2D eigenvalue weighted by atomic mass is 10.2. The molecule has 0 aliphatic rings. The quantitative estimate of drug-likeness (QED) is 0.784. The summed E-state index contributed by atoms with van der Waals surface area (Å²) in [5.41, 5.74) is 3.00. The van der Waals surface area contributed by atoms with Gasteiger partial charge >= 0.3 is 0 Å². The molecular weight excluding hydrogens is 262 g/mol. The molecule has 2 heterocycles. The van der Waals surface area contributed by atoms with E-state index in [4.69, 9.17) is 0 Å². The van der Waals surface area contributed by atoms with E-state index in [2.05, 4.69) is 51.9 Å². The molecule has 1 N–H and O–H groups in total. The lowest BCUT2D eigenvalue weighted by Gasteiger charge is -1.98. The molecule has 0 aliphatic heterocycles. The van der Waals surface area contributed by atoms with Gasteiger partial charge in [0.2, 0.25) is 5.13 Å². The Balaban J connectivity index is 1.70. The number of hydrogen-bond acceptors (Lipinski definition) is 5. The second-order valence-corrected chi connectivity index (χ2v) is 5.73. The first-order valence-corrected chi connectivity index (χ1v) is 7.25. The summed E-state index contributed by atoms with van der Waals surface area (Å²) < 4.78 is 0. The second-order valence-electron chi connectivity index (χ2n) is 3.73. The van der Waals surface area contributed by atoms with Gasteiger partial charge in [0.05, 0.1) is 6.54 Å². The molecule has 5 heteroatoms. The van der Waals surface area contributed by atoms with Gasteiger partial charge in [0.25, 0.3) is 0 Å². The van der Waals surface area contributed by atoms with Crippen LogP contribution in [-0.2, 0) is 6.54 Å². The van der Waals surface area contributed by atoms with Crippen LogP contribution < -0.4 is 5.32 Å². The van der Waals surface area contributed by atoms with E-state index >= 15 is 0 Å². The number of aromatic nitrogens is 2. The van der Waals surface area contributed by atoms with E-state index < -0.39 is 0 Å². The molecule has 0 aliphatic carbocycles. The number of hydrogen-bond donors (Lipinski definition) is 1. The molecule has 0 amide bonds. The summed E-state index contributed by atoms with van der Waals surface area (Å²) in [6.07, 6.45) is 0. The van der Waals surface area contributed by atoms with Gasteiger partial charge in [-0.15, -0.1) is 21.5 Å². The molecule has 0 radical (unpaired) electrons. The van der Waals surface area contributed by atoms with E-state index in [1.165, 1.54) is 26.7 Å². The monoisotopic (exact) mass is 273 g/mol. The maximum Gasteiger partial charge on any atom is 0.205 e. The van der Waals surface area contributed by atoms with Crippen LogP contribution >= 0.6 is 22.7 Å². The summed E-state index contributed by atoms with van der Waals surface area (Å²) in [4.78, 5) is 2.59. The van der Waals surface area contributed by atoms with Crippen molar-refractivity contribution in [1.82, 2.24) is 10.2 Å². The Morgan fingerprint density at radius 1 is 1.06 bits per heavy atom. The zero-order chi connectivity index (χ0) is 12.2. The molecular formula is C13H11N3S2. The molecule has 18 heavy (non-hydrogen) atoms. The van der Waals surface area contributed by atoms with E-state index in [9.17, 15) is 0 Å². The molecule has 3 rings (SSSR count). The smallest absolute Gasteiger partial charge is 0.205 e. The minimum Gasteiger partial charge on any atom is -0.355 e. The number of benzene rings is 1. The Hall–Kier alpha value is -1.72. The fraction of sp³-hybridized carbons (Fsp3) is 0.0769. The van der Waals surface area contributed by atoms with Crippen LogP contribution in [-0.4, -0.2) is 10.2 Å². The van der Waals surface area contributed by atoms with Gasteiger partial charge in [-0.2, -0.15) is 0 Å². The lowest BCUT2D eigenvalue weighted by molar-refractivity contribution is 1.06. The first-order valence-electron chi connectivity index (χ1n) is 5.56. The van der Waals surface area contributed by atoms with Crippen LogP contribution in [0.25, 0.3) is 10.4 Å². The molecule has 2 aromatic heterocycles. The number of rotatable bonds is 4. The Bertz CT molecular complexity index is 602. The average Bonchev–Trinajstić information content (AvgIpc) is 3.09. The van der Waals surface area contributed by atoms with Crippen LogP contribution in [0.2, 0.25) is 0 Å². The minimum absolute atomic E-state index is 0.798. The van der Waals surface area contributed by atoms with Gasteiger partial charge in [-0.25, -0.2) is 0 Å². The zero-order valence-electron chi connectivity index (χ0n) is 9.54. The molecule has 90 valence electrons. The third-order valence-electron chi connectivity index (χ3n) is 2.49. The minimum atomic E-state index is 0.798. The van der Waals surface area contributed by atoms with Crippen molar-refractivity contribution in [3.8, 4) is 10.4 Å². The Kier molecular flexibility index (Phi) is 3.34. The number of anilines is 1. The van der Waals surface area contributed by atoms with Gasteiger partial charge < -0.3 is 5.32 Å². The highest BCUT2D eigenvalue weighted by molar-refractivity contribution is 7.15. The highest BCUT2D eigenvalue weighted by Crippen LogP contribution is 2.28. The Morgan fingerprint density at radius 2 is 1.94 bits per heavy atom. The molecule has 0 unspecified atom stereocenters. The first-order chi connectivity index (χ1) is 8.92. The number of nitrogens with zero attached hydrogens (tertiary/aromatic N) is 2. The molecule has 3 nitrogen and oxygen atoms in total. The van der Waals surface area contributed by atoms with Gasteiger partial charge in [0.1, 0.15) is 5.51 Å². The second kappa shape index (κ2) is 5.29. The van der Waals surface area contributed by atoms with Gasteiger partial charge in [-0.1, -0.05) is 41.7 Å². The van der Waals surface area contributed by atoms with Crippen molar-refractivity contribution < 1.29 is 0 Å². The third kappa shape index (κ3) is 2.57. The molecule has 0 spiro atoms. The molecule has 3 aromatic rings. The van der Waals surface area contributed by atoms with E-state index in [-0.39, 0.29) is 0 Å². The molecule has 0 fully saturated rings. The Morgan fingerprint density at radius 3 is 2.72 bits per heavy atom. The Labute approximate surface area is 113 Å². The maximum absolute atomic E-state index is 3.96. The van der Waals surface area contributed by atoms with Gasteiger partial charge in [0, 0.05) is 9.75 Å². The SMILES string of the molecule is c1ccc(-c2ccc(CNc3nncs3)s2)cc1. The van der Waals surface area contributed by atoms with Crippen molar-refractivity contribution in [2.24, 2.45) is 0 Å². The van der Waals surface area contributed by atoms with Crippen molar-refractivity contribution >= 4 is 27.8 Å². The largest absolute Gasteiger partial charge is 0.355 e. The summed E-state index contributed by atoms with van der Waals surface area (Å²) in [5, 5.41) is 11.9. The van der Waals surface area contributed by atoms with Crippen LogP contribution in [0.4, 0.5) is 5.13 Å². The molecule has 0 saturated carbocycles. The van der Waals surface area contributed by atoms with Gasteiger partial charge in [0.15, 0.2) is 0 Å². The third-order valence-corrected chi connectivity index (χ3v) is 4.28. The van der Waals surface area contributed by atoms with E-state index in [0.717, 1.165) is 11.7 Å². The van der Waals surface area contributed by atoms with Crippen molar-refractivity contribution in [3.63, 3.8) is 0 Å². The lowest BCUT2D eigenvalue weighted by Crippen LogP contribution is -1.96. The zero-order valence-corrected chi connectivity index (χ0v) is 11.2. The predicted octanol–water partition coefficient (Wildman–Crippen LogP) is 3.88. The highest BCUT2D eigenvalue weighted by atomic mass is 32.1. The van der Waals surface area contributed by atoms with Crippen LogP contribution in [0, 0.1) is 0 Å². The summed E-state index contributed by atoms with van der Waals surface area (Å²) in [7, 11) is 0. The predicted molar refractivity (Wildman–Crippen MR) is 77.0 cm³/mol. The maximum atomic E-state index is 3.96. The van der Waals surface area contributed by atoms with Gasteiger partial charge in [-0.05, 0) is 17.7 Å². The fourth-order valence-electron chi connectivity index (χ4n) is 1.64. The van der Waals surface area contributed by atoms with Crippen molar-refractivity contribution in [1.29, 1.82) is 0 Å². The summed E-state index contributed by atoms with van der Waals surface area (Å²) in [5.74, 6) is 0.